The molecular weight excluding hydrogens is 208 g/mol. The highest BCUT2D eigenvalue weighted by atomic mass is 32.2. The number of rotatable bonds is 5. The van der Waals surface area contributed by atoms with Crippen LogP contribution in [0.4, 0.5) is 0 Å². The highest BCUT2D eigenvalue weighted by Gasteiger charge is 2.26. The van der Waals surface area contributed by atoms with E-state index in [1.165, 1.54) is 0 Å². The Balaban J connectivity index is 2.32. The van der Waals surface area contributed by atoms with Gasteiger partial charge >= 0.3 is 0 Å². The van der Waals surface area contributed by atoms with Gasteiger partial charge < -0.3 is 11.1 Å². The number of hydrogen-bond donors (Lipinski definition) is 2. The number of thioether (sulfide) groups is 1. The molecule has 4 heteroatoms. The van der Waals surface area contributed by atoms with Crippen LogP contribution in [0, 0.1) is 5.92 Å². The number of carbonyl (C=O) groups is 1. The number of hydrogen-bond acceptors (Lipinski definition) is 3. The summed E-state index contributed by atoms with van der Waals surface area (Å²) in [5, 5.41) is 2.99. The second-order valence-electron chi connectivity index (χ2n) is 4.35. The average Bonchev–Trinajstić information content (AvgIpc) is 2.79. The first-order chi connectivity index (χ1) is 7.11. The van der Waals surface area contributed by atoms with Gasteiger partial charge in [0.15, 0.2) is 0 Å². The molecule has 0 aromatic rings. The van der Waals surface area contributed by atoms with Crippen LogP contribution in [0.3, 0.4) is 0 Å². The topological polar surface area (TPSA) is 55.1 Å². The summed E-state index contributed by atoms with van der Waals surface area (Å²) in [7, 11) is 0. The van der Waals surface area contributed by atoms with E-state index in [0.29, 0.717) is 6.54 Å². The van der Waals surface area contributed by atoms with E-state index in [1.54, 1.807) is 0 Å². The van der Waals surface area contributed by atoms with Crippen LogP contribution in [0.5, 0.6) is 0 Å². The van der Waals surface area contributed by atoms with Crippen LogP contribution in [-0.4, -0.2) is 29.5 Å². The smallest absolute Gasteiger partial charge is 0.224 e. The van der Waals surface area contributed by atoms with Crippen molar-refractivity contribution in [3.05, 3.63) is 0 Å². The van der Waals surface area contributed by atoms with Crippen molar-refractivity contribution in [2.45, 2.75) is 38.6 Å². The summed E-state index contributed by atoms with van der Waals surface area (Å²) in [6.45, 7) is 4.75. The lowest BCUT2D eigenvalue weighted by molar-refractivity contribution is -0.124. The maximum Gasteiger partial charge on any atom is 0.224 e. The minimum Gasteiger partial charge on any atom is -0.354 e. The molecule has 0 aromatic heterocycles. The predicted molar refractivity (Wildman–Crippen MR) is 65.9 cm³/mol. The third kappa shape index (κ3) is 3.68. The first kappa shape index (κ1) is 12.8. The van der Waals surface area contributed by atoms with Crippen molar-refractivity contribution < 1.29 is 4.79 Å². The van der Waals surface area contributed by atoms with Gasteiger partial charge in [0.1, 0.15) is 0 Å². The Labute approximate surface area is 96.6 Å². The Morgan fingerprint density at radius 3 is 2.67 bits per heavy atom. The Kier molecular flexibility index (Phi) is 4.93. The minimum atomic E-state index is -0.221. The SMILES string of the molecule is CCC(N)(CC)CNC(=O)C1CCSC1. The molecule has 1 unspecified atom stereocenters. The standard InChI is InChI=1S/C11H22N2OS/c1-3-11(12,4-2)8-13-10(14)9-5-6-15-7-9/h9H,3-8,12H2,1-2H3,(H,13,14). The third-order valence-electron chi connectivity index (χ3n) is 3.32. The van der Waals surface area contributed by atoms with Crippen LogP contribution >= 0.6 is 11.8 Å². The summed E-state index contributed by atoms with van der Waals surface area (Å²) in [4.78, 5) is 11.7. The highest BCUT2D eigenvalue weighted by molar-refractivity contribution is 7.99. The zero-order valence-electron chi connectivity index (χ0n) is 9.71. The predicted octanol–water partition coefficient (Wildman–Crippen LogP) is 1.37. The van der Waals surface area contributed by atoms with Gasteiger partial charge in [0.25, 0.3) is 0 Å². The van der Waals surface area contributed by atoms with E-state index in [0.717, 1.165) is 30.8 Å². The molecule has 0 aromatic carbocycles. The fourth-order valence-corrected chi connectivity index (χ4v) is 2.87. The molecule has 1 saturated heterocycles. The van der Waals surface area contributed by atoms with E-state index in [-0.39, 0.29) is 17.4 Å². The summed E-state index contributed by atoms with van der Waals surface area (Å²) in [6.07, 6.45) is 2.83. The van der Waals surface area contributed by atoms with E-state index in [2.05, 4.69) is 19.2 Å². The van der Waals surface area contributed by atoms with Crippen LogP contribution in [0.2, 0.25) is 0 Å². The molecule has 1 heterocycles. The number of amides is 1. The molecule has 0 spiro atoms. The monoisotopic (exact) mass is 230 g/mol. The first-order valence-corrected chi connectivity index (χ1v) is 6.91. The molecular formula is C11H22N2OS. The van der Waals surface area contributed by atoms with E-state index >= 15 is 0 Å². The van der Waals surface area contributed by atoms with Gasteiger partial charge in [0.2, 0.25) is 5.91 Å². The molecule has 1 amide bonds. The Bertz CT molecular complexity index is 211. The van der Waals surface area contributed by atoms with Crippen molar-refractivity contribution in [3.63, 3.8) is 0 Å². The van der Waals surface area contributed by atoms with E-state index < -0.39 is 0 Å². The minimum absolute atomic E-state index is 0.191. The molecule has 3 nitrogen and oxygen atoms in total. The highest BCUT2D eigenvalue weighted by Crippen LogP contribution is 2.23. The van der Waals surface area contributed by atoms with Crippen LogP contribution in [-0.2, 0) is 4.79 Å². The van der Waals surface area contributed by atoms with Crippen LogP contribution in [0.15, 0.2) is 0 Å². The fourth-order valence-electron chi connectivity index (χ4n) is 1.65. The van der Waals surface area contributed by atoms with Crippen LogP contribution in [0.25, 0.3) is 0 Å². The lowest BCUT2D eigenvalue weighted by Gasteiger charge is -2.27. The van der Waals surface area contributed by atoms with Crippen molar-refractivity contribution in [1.29, 1.82) is 0 Å². The summed E-state index contributed by atoms with van der Waals surface area (Å²) in [6, 6.07) is 0. The van der Waals surface area contributed by atoms with E-state index in [4.69, 9.17) is 5.73 Å². The number of nitrogens with two attached hydrogens (primary N) is 1. The normalized spacial score (nSPS) is 21.7. The Morgan fingerprint density at radius 2 is 2.20 bits per heavy atom. The zero-order valence-corrected chi connectivity index (χ0v) is 10.5. The van der Waals surface area contributed by atoms with Crippen LogP contribution < -0.4 is 11.1 Å². The zero-order chi connectivity index (χ0) is 11.3. The summed E-state index contributed by atoms with van der Waals surface area (Å²) < 4.78 is 0. The van der Waals surface area contributed by atoms with Crippen molar-refractivity contribution in [2.75, 3.05) is 18.1 Å². The molecule has 1 aliphatic heterocycles. The quantitative estimate of drug-likeness (QED) is 0.750. The van der Waals surface area contributed by atoms with Crippen molar-refractivity contribution in [1.82, 2.24) is 5.32 Å². The summed E-state index contributed by atoms with van der Waals surface area (Å²) >= 11 is 1.86. The average molecular weight is 230 g/mol. The number of carbonyl (C=O) groups excluding carboxylic acids is 1. The van der Waals surface area contributed by atoms with Gasteiger partial charge in [0.05, 0.1) is 0 Å². The van der Waals surface area contributed by atoms with Gasteiger partial charge in [-0.3, -0.25) is 4.79 Å². The van der Waals surface area contributed by atoms with Crippen molar-refractivity contribution in [2.24, 2.45) is 11.7 Å². The summed E-state index contributed by atoms with van der Waals surface area (Å²) in [5.41, 5.74) is 5.90. The lowest BCUT2D eigenvalue weighted by atomic mass is 9.94. The first-order valence-electron chi connectivity index (χ1n) is 5.75. The van der Waals surface area contributed by atoms with Gasteiger partial charge in [-0.15, -0.1) is 0 Å². The van der Waals surface area contributed by atoms with Gasteiger partial charge in [-0.2, -0.15) is 11.8 Å². The molecule has 15 heavy (non-hydrogen) atoms. The largest absolute Gasteiger partial charge is 0.354 e. The van der Waals surface area contributed by atoms with E-state index in [9.17, 15) is 4.79 Å². The number of nitrogens with one attached hydrogen (secondary N) is 1. The van der Waals surface area contributed by atoms with E-state index in [1.807, 2.05) is 11.8 Å². The Hall–Kier alpha value is -0.220. The third-order valence-corrected chi connectivity index (χ3v) is 4.49. The molecule has 1 fully saturated rings. The molecule has 1 aliphatic rings. The van der Waals surface area contributed by atoms with Gasteiger partial charge in [-0.1, -0.05) is 13.8 Å². The molecule has 1 rings (SSSR count). The molecule has 88 valence electrons. The second-order valence-corrected chi connectivity index (χ2v) is 5.50. The Morgan fingerprint density at radius 1 is 1.53 bits per heavy atom. The van der Waals surface area contributed by atoms with Gasteiger partial charge in [0, 0.05) is 23.8 Å². The molecule has 0 radical (unpaired) electrons. The van der Waals surface area contributed by atoms with Crippen LogP contribution in [0.1, 0.15) is 33.1 Å². The molecule has 1 atom stereocenters. The fraction of sp³-hybridized carbons (Fsp3) is 0.909. The maximum atomic E-state index is 11.7. The maximum absolute atomic E-state index is 11.7. The second kappa shape index (κ2) is 5.75. The summed E-state index contributed by atoms with van der Waals surface area (Å²) in [5.74, 6) is 2.50. The molecule has 0 aliphatic carbocycles. The van der Waals surface area contributed by atoms with Gasteiger partial charge in [-0.05, 0) is 25.0 Å². The lowest BCUT2D eigenvalue weighted by Crippen LogP contribution is -2.50. The molecule has 3 N–H and O–H groups in total. The van der Waals surface area contributed by atoms with Crippen molar-refractivity contribution >= 4 is 17.7 Å². The molecule has 0 saturated carbocycles. The van der Waals surface area contributed by atoms with Crippen molar-refractivity contribution in [3.8, 4) is 0 Å². The molecule has 0 bridgehead atoms. The van der Waals surface area contributed by atoms with Gasteiger partial charge in [-0.25, -0.2) is 0 Å².